The fraction of sp³-hybridized carbons (Fsp3) is 0.211. The number of fused-ring (bicyclic) bond motifs is 1. The number of anilines is 1. The maximum Gasteiger partial charge on any atom is 0.335 e. The smallest absolute Gasteiger partial charge is 0.335 e. The molecule has 0 spiro atoms. The minimum atomic E-state index is -0.387. The summed E-state index contributed by atoms with van der Waals surface area (Å²) in [6, 6.07) is 12.0. The topological polar surface area (TPSA) is 60.2 Å². The lowest BCUT2D eigenvalue weighted by atomic mass is 10.3. The summed E-state index contributed by atoms with van der Waals surface area (Å²) in [6.45, 7) is 2.31. The number of hydrogen-bond donors (Lipinski definition) is 0. The number of pyridine rings is 1. The highest BCUT2D eigenvalue weighted by Crippen LogP contribution is 2.21. The second-order valence-electron chi connectivity index (χ2n) is 6.04. The largest absolute Gasteiger partial charge is 0.487 e. The quantitative estimate of drug-likeness (QED) is 0.723. The van der Waals surface area contributed by atoms with Gasteiger partial charge in [0.1, 0.15) is 29.8 Å². The predicted molar refractivity (Wildman–Crippen MR) is 93.8 cm³/mol. The third kappa shape index (κ3) is 3.03. The second-order valence-corrected chi connectivity index (χ2v) is 6.04. The maximum atomic E-state index is 13.4. The number of carbonyl (C=O) groups is 1. The molecule has 3 aromatic rings. The Morgan fingerprint density at radius 1 is 1.15 bits per heavy atom. The van der Waals surface area contributed by atoms with Crippen LogP contribution in [0.25, 0.3) is 0 Å². The zero-order valence-electron chi connectivity index (χ0n) is 14.2. The van der Waals surface area contributed by atoms with Gasteiger partial charge in [0, 0.05) is 19.2 Å². The number of para-hydroxylation sites is 1. The summed E-state index contributed by atoms with van der Waals surface area (Å²) >= 11 is 0. The Bertz CT molecular complexity index is 955. The second kappa shape index (κ2) is 6.59. The molecule has 1 aliphatic heterocycles. The van der Waals surface area contributed by atoms with Gasteiger partial charge in [-0.3, -0.25) is 9.47 Å². The first-order valence-corrected chi connectivity index (χ1v) is 8.32. The Morgan fingerprint density at radius 2 is 1.96 bits per heavy atom. The van der Waals surface area contributed by atoms with Gasteiger partial charge in [-0.25, -0.2) is 19.2 Å². The SMILES string of the molecule is Cc1nc(N2CCc3nc(COc4ccccc4)cn3C2=O)ccc1F. The first-order valence-electron chi connectivity index (χ1n) is 8.32. The van der Waals surface area contributed by atoms with Gasteiger partial charge in [0.05, 0.1) is 11.4 Å². The fourth-order valence-corrected chi connectivity index (χ4v) is 2.89. The van der Waals surface area contributed by atoms with Crippen LogP contribution in [0, 0.1) is 12.7 Å². The Hall–Kier alpha value is -3.22. The van der Waals surface area contributed by atoms with Crippen molar-refractivity contribution in [2.75, 3.05) is 11.4 Å². The van der Waals surface area contributed by atoms with E-state index in [0.717, 1.165) is 5.75 Å². The Morgan fingerprint density at radius 3 is 2.73 bits per heavy atom. The van der Waals surface area contributed by atoms with Gasteiger partial charge in [0.25, 0.3) is 0 Å². The molecule has 0 unspecified atom stereocenters. The van der Waals surface area contributed by atoms with Crippen LogP contribution >= 0.6 is 0 Å². The predicted octanol–water partition coefficient (Wildman–Crippen LogP) is 3.34. The molecule has 2 aromatic heterocycles. The average molecular weight is 352 g/mol. The number of ether oxygens (including phenoxy) is 1. The van der Waals surface area contributed by atoms with Gasteiger partial charge < -0.3 is 4.74 Å². The Balaban J connectivity index is 1.53. The third-order valence-corrected chi connectivity index (χ3v) is 4.24. The first kappa shape index (κ1) is 16.3. The summed E-state index contributed by atoms with van der Waals surface area (Å²) < 4.78 is 20.6. The molecule has 1 aliphatic rings. The monoisotopic (exact) mass is 352 g/mol. The molecule has 7 heteroatoms. The van der Waals surface area contributed by atoms with Crippen molar-refractivity contribution in [3.8, 4) is 5.75 Å². The van der Waals surface area contributed by atoms with Crippen LogP contribution in [0.15, 0.2) is 48.7 Å². The van der Waals surface area contributed by atoms with Crippen molar-refractivity contribution in [2.24, 2.45) is 0 Å². The molecule has 4 rings (SSSR count). The molecule has 0 bridgehead atoms. The van der Waals surface area contributed by atoms with Crippen LogP contribution in [0.3, 0.4) is 0 Å². The van der Waals surface area contributed by atoms with Crippen LogP contribution in [0.4, 0.5) is 15.0 Å². The molecule has 0 radical (unpaired) electrons. The summed E-state index contributed by atoms with van der Waals surface area (Å²) in [5.41, 5.74) is 0.950. The van der Waals surface area contributed by atoms with Crippen LogP contribution in [0.5, 0.6) is 5.75 Å². The van der Waals surface area contributed by atoms with Gasteiger partial charge in [-0.05, 0) is 31.2 Å². The molecule has 1 aromatic carbocycles. The molecular weight excluding hydrogens is 335 g/mol. The number of halogens is 1. The minimum Gasteiger partial charge on any atom is -0.487 e. The molecule has 0 fully saturated rings. The van der Waals surface area contributed by atoms with Crippen molar-refractivity contribution >= 4 is 11.8 Å². The van der Waals surface area contributed by atoms with Crippen molar-refractivity contribution in [2.45, 2.75) is 20.0 Å². The summed E-state index contributed by atoms with van der Waals surface area (Å²) in [7, 11) is 0. The van der Waals surface area contributed by atoms with Gasteiger partial charge in [-0.1, -0.05) is 18.2 Å². The fourth-order valence-electron chi connectivity index (χ4n) is 2.89. The normalized spacial score (nSPS) is 13.6. The zero-order chi connectivity index (χ0) is 18.1. The zero-order valence-corrected chi connectivity index (χ0v) is 14.2. The number of aryl methyl sites for hydroxylation is 1. The summed E-state index contributed by atoms with van der Waals surface area (Å²) in [4.78, 5) is 23.0. The summed E-state index contributed by atoms with van der Waals surface area (Å²) in [5, 5.41) is 0. The molecule has 0 saturated heterocycles. The van der Waals surface area contributed by atoms with Crippen LogP contribution in [0.2, 0.25) is 0 Å². The standard InChI is InChI=1S/C19H17FN4O2/c1-13-16(20)7-8-17(21-13)23-10-9-18-22-14(11-24(18)19(23)25)12-26-15-5-3-2-4-6-15/h2-8,11H,9-10,12H2,1H3. The Kier molecular flexibility index (Phi) is 4.12. The molecule has 1 amide bonds. The molecular formula is C19H17FN4O2. The summed E-state index contributed by atoms with van der Waals surface area (Å²) in [5.74, 6) is 1.49. The molecule has 0 atom stereocenters. The molecule has 132 valence electrons. The average Bonchev–Trinajstić information content (AvgIpc) is 3.08. The van der Waals surface area contributed by atoms with Crippen molar-refractivity contribution in [3.63, 3.8) is 0 Å². The van der Waals surface area contributed by atoms with Crippen LogP contribution in [-0.4, -0.2) is 27.1 Å². The van der Waals surface area contributed by atoms with E-state index in [0.29, 0.717) is 30.3 Å². The maximum absolute atomic E-state index is 13.4. The number of rotatable bonds is 4. The van der Waals surface area contributed by atoms with Gasteiger partial charge in [0.2, 0.25) is 0 Å². The van der Waals surface area contributed by atoms with E-state index < -0.39 is 0 Å². The van der Waals surface area contributed by atoms with E-state index in [1.807, 2.05) is 30.3 Å². The molecule has 0 aliphatic carbocycles. The van der Waals surface area contributed by atoms with Crippen LogP contribution in [0.1, 0.15) is 17.2 Å². The molecule has 3 heterocycles. The van der Waals surface area contributed by atoms with E-state index in [1.54, 1.807) is 13.1 Å². The van der Waals surface area contributed by atoms with E-state index in [4.69, 9.17) is 4.74 Å². The Labute approximate surface area is 149 Å². The van der Waals surface area contributed by atoms with Gasteiger partial charge in [-0.15, -0.1) is 0 Å². The number of carbonyl (C=O) groups excluding carboxylic acids is 1. The van der Waals surface area contributed by atoms with E-state index in [-0.39, 0.29) is 24.1 Å². The van der Waals surface area contributed by atoms with Gasteiger partial charge in [0.15, 0.2) is 0 Å². The summed E-state index contributed by atoms with van der Waals surface area (Å²) in [6.07, 6.45) is 2.28. The van der Waals surface area contributed by atoms with E-state index >= 15 is 0 Å². The van der Waals surface area contributed by atoms with E-state index in [2.05, 4.69) is 9.97 Å². The number of amides is 1. The number of aromatic nitrogens is 3. The lowest BCUT2D eigenvalue weighted by Crippen LogP contribution is -2.42. The molecule has 0 saturated carbocycles. The van der Waals surface area contributed by atoms with Crippen molar-refractivity contribution < 1.29 is 13.9 Å². The van der Waals surface area contributed by atoms with Crippen molar-refractivity contribution in [1.82, 2.24) is 14.5 Å². The van der Waals surface area contributed by atoms with Gasteiger partial charge >= 0.3 is 6.03 Å². The lowest BCUT2D eigenvalue weighted by molar-refractivity contribution is 0.244. The van der Waals surface area contributed by atoms with E-state index in [9.17, 15) is 9.18 Å². The van der Waals surface area contributed by atoms with Crippen LogP contribution < -0.4 is 9.64 Å². The number of imidazole rings is 1. The number of benzene rings is 1. The minimum absolute atomic E-state index is 0.247. The highest BCUT2D eigenvalue weighted by atomic mass is 19.1. The van der Waals surface area contributed by atoms with Crippen LogP contribution in [-0.2, 0) is 13.0 Å². The molecule has 26 heavy (non-hydrogen) atoms. The number of nitrogens with zero attached hydrogens (tertiary/aromatic N) is 4. The molecule has 0 N–H and O–H groups in total. The highest BCUT2D eigenvalue weighted by molar-refractivity contribution is 5.94. The molecule has 6 nitrogen and oxygen atoms in total. The highest BCUT2D eigenvalue weighted by Gasteiger charge is 2.28. The van der Waals surface area contributed by atoms with Crippen molar-refractivity contribution in [1.29, 1.82) is 0 Å². The first-order chi connectivity index (χ1) is 12.6. The third-order valence-electron chi connectivity index (χ3n) is 4.24. The van der Waals surface area contributed by atoms with E-state index in [1.165, 1.54) is 21.6 Å². The van der Waals surface area contributed by atoms with Gasteiger partial charge in [-0.2, -0.15) is 0 Å². The van der Waals surface area contributed by atoms with Crippen molar-refractivity contribution in [3.05, 3.63) is 71.7 Å². The number of hydrogen-bond acceptors (Lipinski definition) is 4. The lowest BCUT2D eigenvalue weighted by Gasteiger charge is -2.26.